The van der Waals surface area contributed by atoms with Crippen LogP contribution in [-0.4, -0.2) is 53.6 Å². The van der Waals surface area contributed by atoms with Crippen molar-refractivity contribution in [1.82, 2.24) is 14.7 Å². The molecule has 1 aromatic rings. The van der Waals surface area contributed by atoms with Gasteiger partial charge in [-0.25, -0.2) is 14.3 Å². The van der Waals surface area contributed by atoms with Crippen LogP contribution in [-0.2, 0) is 34.0 Å². The predicted octanol–water partition coefficient (Wildman–Crippen LogP) is 3.62. The third-order valence-corrected chi connectivity index (χ3v) is 5.86. The number of esters is 1. The highest BCUT2D eigenvalue weighted by molar-refractivity contribution is 6.76. The molecule has 9 heteroatoms. The summed E-state index contributed by atoms with van der Waals surface area (Å²) < 4.78 is 18.0. The lowest BCUT2D eigenvalue weighted by Gasteiger charge is -2.24. The normalized spacial score (nSPS) is 14.2. The molecule has 0 aliphatic carbocycles. The molecular formula is C19H33N3O5Si. The number of carbonyl (C=O) groups is 2. The summed E-state index contributed by atoms with van der Waals surface area (Å²) >= 11 is 0. The van der Waals surface area contributed by atoms with E-state index < -0.39 is 25.7 Å². The molecule has 2 rings (SSSR count). The van der Waals surface area contributed by atoms with Gasteiger partial charge in [0.25, 0.3) is 0 Å². The number of amides is 1. The van der Waals surface area contributed by atoms with Crippen molar-refractivity contribution >= 4 is 20.1 Å². The van der Waals surface area contributed by atoms with Gasteiger partial charge in [-0.2, -0.15) is 5.10 Å². The Morgan fingerprint density at radius 3 is 2.43 bits per heavy atom. The molecule has 0 saturated heterocycles. The van der Waals surface area contributed by atoms with E-state index in [1.165, 1.54) is 0 Å². The topological polar surface area (TPSA) is 82.9 Å². The van der Waals surface area contributed by atoms with Crippen LogP contribution in [0.1, 0.15) is 49.4 Å². The van der Waals surface area contributed by atoms with Gasteiger partial charge in [-0.15, -0.1) is 0 Å². The summed E-state index contributed by atoms with van der Waals surface area (Å²) in [6, 6.07) is 1.04. The van der Waals surface area contributed by atoms with E-state index in [1.54, 1.807) is 16.5 Å². The van der Waals surface area contributed by atoms with Crippen LogP contribution in [0.3, 0.4) is 0 Å². The molecule has 2 heterocycles. The maximum atomic E-state index is 12.5. The zero-order valence-electron chi connectivity index (χ0n) is 18.1. The summed E-state index contributed by atoms with van der Waals surface area (Å²) in [6.07, 6.45) is -0.418. The van der Waals surface area contributed by atoms with Crippen LogP contribution < -0.4 is 0 Å². The fourth-order valence-corrected chi connectivity index (χ4v) is 3.53. The lowest BCUT2D eigenvalue weighted by atomic mass is 10.2. The van der Waals surface area contributed by atoms with Gasteiger partial charge in [-0.1, -0.05) is 19.6 Å². The number of ether oxygens (including phenoxy) is 3. The Hall–Kier alpha value is -1.87. The van der Waals surface area contributed by atoms with E-state index >= 15 is 0 Å². The Morgan fingerprint density at radius 1 is 1.18 bits per heavy atom. The molecule has 28 heavy (non-hydrogen) atoms. The fourth-order valence-electron chi connectivity index (χ4n) is 2.78. The van der Waals surface area contributed by atoms with Crippen LogP contribution in [0.2, 0.25) is 25.7 Å². The smallest absolute Gasteiger partial charge is 0.410 e. The first-order valence-corrected chi connectivity index (χ1v) is 13.4. The molecule has 0 saturated carbocycles. The molecule has 0 bridgehead atoms. The van der Waals surface area contributed by atoms with Crippen molar-refractivity contribution in [1.29, 1.82) is 0 Å². The van der Waals surface area contributed by atoms with Crippen LogP contribution in [0.25, 0.3) is 0 Å². The zero-order chi connectivity index (χ0) is 21.1. The highest BCUT2D eigenvalue weighted by atomic mass is 28.3. The average Bonchev–Trinajstić information content (AvgIpc) is 3.06. The predicted molar refractivity (Wildman–Crippen MR) is 108 cm³/mol. The fraction of sp³-hybridized carbons (Fsp3) is 0.737. The van der Waals surface area contributed by atoms with Gasteiger partial charge in [0, 0.05) is 20.2 Å². The van der Waals surface area contributed by atoms with E-state index in [2.05, 4.69) is 24.7 Å². The van der Waals surface area contributed by atoms with Crippen molar-refractivity contribution in [3.8, 4) is 0 Å². The van der Waals surface area contributed by atoms with E-state index in [0.29, 0.717) is 30.1 Å². The van der Waals surface area contributed by atoms with E-state index in [0.717, 1.165) is 6.04 Å². The van der Waals surface area contributed by atoms with Crippen LogP contribution in [0, 0.1) is 0 Å². The van der Waals surface area contributed by atoms with Crippen LogP contribution in [0.4, 0.5) is 4.79 Å². The van der Waals surface area contributed by atoms with Crippen molar-refractivity contribution in [2.75, 3.05) is 13.2 Å². The second-order valence-electron chi connectivity index (χ2n) is 9.18. The summed E-state index contributed by atoms with van der Waals surface area (Å²) in [5.74, 6) is -0.448. The van der Waals surface area contributed by atoms with E-state index in [4.69, 9.17) is 14.2 Å². The molecule has 8 nitrogen and oxygen atoms in total. The number of aromatic nitrogens is 2. The van der Waals surface area contributed by atoms with Crippen molar-refractivity contribution in [2.45, 2.75) is 78.8 Å². The summed E-state index contributed by atoms with van der Waals surface area (Å²) in [5, 5.41) is 4.51. The van der Waals surface area contributed by atoms with Gasteiger partial charge in [0.15, 0.2) is 5.69 Å². The molecule has 1 amide bonds. The SMILES string of the molecule is CCOC(=O)c1c2c(nn1COCC[Si](C)(C)C)CN(C(=O)OC(C)(C)C)C2. The zero-order valence-corrected chi connectivity index (χ0v) is 19.1. The molecule has 0 aromatic carbocycles. The van der Waals surface area contributed by atoms with Gasteiger partial charge in [0.2, 0.25) is 0 Å². The van der Waals surface area contributed by atoms with Gasteiger partial charge in [-0.3, -0.25) is 4.90 Å². The lowest BCUT2D eigenvalue weighted by molar-refractivity contribution is 0.0230. The third-order valence-electron chi connectivity index (χ3n) is 4.15. The van der Waals surface area contributed by atoms with Gasteiger partial charge < -0.3 is 14.2 Å². The molecule has 1 aliphatic rings. The maximum Gasteiger partial charge on any atom is 0.410 e. The molecule has 0 radical (unpaired) electrons. The molecule has 0 unspecified atom stereocenters. The quantitative estimate of drug-likeness (QED) is 0.387. The van der Waals surface area contributed by atoms with Crippen LogP contribution in [0.15, 0.2) is 0 Å². The Labute approximate surface area is 168 Å². The monoisotopic (exact) mass is 411 g/mol. The number of hydrogen-bond acceptors (Lipinski definition) is 6. The standard InChI is InChI=1S/C19H33N3O5Si/c1-8-26-17(23)16-14-11-21(18(24)27-19(2,3)4)12-15(14)20-22(16)13-25-9-10-28(5,6)7/h8-13H2,1-7H3. The minimum Gasteiger partial charge on any atom is -0.461 e. The molecule has 1 aromatic heterocycles. The van der Waals surface area contributed by atoms with Gasteiger partial charge >= 0.3 is 12.1 Å². The summed E-state index contributed by atoms with van der Waals surface area (Å²) in [5.41, 5.74) is 1.17. The van der Waals surface area contributed by atoms with Gasteiger partial charge in [-0.05, 0) is 33.7 Å². The number of hydrogen-bond donors (Lipinski definition) is 0. The van der Waals surface area contributed by atoms with Gasteiger partial charge in [0.1, 0.15) is 12.3 Å². The Kier molecular flexibility index (Phi) is 6.92. The van der Waals surface area contributed by atoms with Crippen LogP contribution >= 0.6 is 0 Å². The summed E-state index contributed by atoms with van der Waals surface area (Å²) in [7, 11) is -1.19. The van der Waals surface area contributed by atoms with Gasteiger partial charge in [0.05, 0.1) is 25.4 Å². The van der Waals surface area contributed by atoms with E-state index in [9.17, 15) is 9.59 Å². The third kappa shape index (κ3) is 6.06. The second kappa shape index (κ2) is 8.65. The first-order valence-electron chi connectivity index (χ1n) is 9.72. The summed E-state index contributed by atoms with van der Waals surface area (Å²) in [4.78, 5) is 26.4. The van der Waals surface area contributed by atoms with Crippen LogP contribution in [0.5, 0.6) is 0 Å². The first kappa shape index (κ1) is 22.4. The Morgan fingerprint density at radius 2 is 1.86 bits per heavy atom. The minimum absolute atomic E-state index is 0.193. The largest absolute Gasteiger partial charge is 0.461 e. The Balaban J connectivity index is 2.13. The highest BCUT2D eigenvalue weighted by Crippen LogP contribution is 2.28. The van der Waals surface area contributed by atoms with Crippen molar-refractivity contribution in [2.24, 2.45) is 0 Å². The molecule has 0 spiro atoms. The van der Waals surface area contributed by atoms with E-state index in [-0.39, 0.29) is 19.9 Å². The average molecular weight is 412 g/mol. The molecule has 0 atom stereocenters. The molecule has 158 valence electrons. The van der Waals surface area contributed by atoms with E-state index in [1.807, 2.05) is 20.8 Å². The Bertz CT molecular complexity index is 718. The number of carbonyl (C=O) groups excluding carboxylic acids is 2. The molecule has 1 aliphatic heterocycles. The number of fused-ring (bicyclic) bond motifs is 1. The molecule has 0 N–H and O–H groups in total. The molecular weight excluding hydrogens is 378 g/mol. The summed E-state index contributed by atoms with van der Waals surface area (Å²) in [6.45, 7) is 15.8. The number of rotatable bonds is 7. The maximum absolute atomic E-state index is 12.5. The molecule has 0 fully saturated rings. The van der Waals surface area contributed by atoms with Crippen molar-refractivity contribution in [3.05, 3.63) is 17.0 Å². The van der Waals surface area contributed by atoms with Crippen molar-refractivity contribution < 1.29 is 23.8 Å². The minimum atomic E-state index is -1.19. The second-order valence-corrected chi connectivity index (χ2v) is 14.8. The number of nitrogens with zero attached hydrogens (tertiary/aromatic N) is 3. The highest BCUT2D eigenvalue weighted by Gasteiger charge is 2.35. The lowest BCUT2D eigenvalue weighted by Crippen LogP contribution is -2.34. The first-order chi connectivity index (χ1) is 12.9. The van der Waals surface area contributed by atoms with Crippen molar-refractivity contribution in [3.63, 3.8) is 0 Å².